The Morgan fingerprint density at radius 3 is 2.33 bits per heavy atom. The Morgan fingerprint density at radius 1 is 0.952 bits per heavy atom. The Kier molecular flexibility index (Phi) is 5.64. The van der Waals surface area contributed by atoms with Gasteiger partial charge < -0.3 is 15.4 Å². The van der Waals surface area contributed by atoms with Gasteiger partial charge in [0.05, 0.1) is 7.11 Å². The topological polar surface area (TPSA) is 50.4 Å². The molecule has 2 N–H and O–H groups in total. The summed E-state index contributed by atoms with van der Waals surface area (Å²) in [7, 11) is 1.65. The van der Waals surface area contributed by atoms with E-state index in [1.54, 1.807) is 7.11 Å². The van der Waals surface area contributed by atoms with Gasteiger partial charge in [-0.05, 0) is 29.7 Å². The molecule has 0 saturated carbocycles. The van der Waals surface area contributed by atoms with Crippen LogP contribution in [-0.2, 0) is 13.0 Å². The second kappa shape index (κ2) is 7.94. The Labute approximate surface area is 125 Å². The fraction of sp³-hybridized carbons (Fsp3) is 0.235. The lowest BCUT2D eigenvalue weighted by Gasteiger charge is -2.08. The van der Waals surface area contributed by atoms with Crippen LogP contribution in [0.2, 0.25) is 0 Å². The van der Waals surface area contributed by atoms with Crippen molar-refractivity contribution in [3.8, 4) is 5.75 Å². The van der Waals surface area contributed by atoms with Crippen molar-refractivity contribution in [2.24, 2.45) is 0 Å². The Bertz CT molecular complexity index is 553. The second-order valence-electron chi connectivity index (χ2n) is 4.69. The van der Waals surface area contributed by atoms with Gasteiger partial charge in [-0.15, -0.1) is 0 Å². The number of hydrogen-bond acceptors (Lipinski definition) is 2. The summed E-state index contributed by atoms with van der Waals surface area (Å²) in [5.41, 5.74) is 2.25. The average Bonchev–Trinajstić information content (AvgIpc) is 2.54. The maximum atomic E-state index is 11.7. The number of nitrogens with one attached hydrogen (secondary N) is 2. The zero-order valence-electron chi connectivity index (χ0n) is 12.1. The minimum atomic E-state index is -0.146. The number of benzene rings is 2. The number of hydrogen-bond donors (Lipinski definition) is 2. The van der Waals surface area contributed by atoms with Crippen molar-refractivity contribution in [3.63, 3.8) is 0 Å². The lowest BCUT2D eigenvalue weighted by molar-refractivity contribution is 0.240. The predicted octanol–water partition coefficient (Wildman–Crippen LogP) is 2.74. The molecule has 2 amide bonds. The van der Waals surface area contributed by atoms with Gasteiger partial charge in [0.25, 0.3) is 0 Å². The summed E-state index contributed by atoms with van der Waals surface area (Å²) in [5, 5.41) is 5.68. The highest BCUT2D eigenvalue weighted by Crippen LogP contribution is 2.11. The summed E-state index contributed by atoms with van der Waals surface area (Å²) in [5.74, 6) is 0.840. The molecule has 2 aromatic carbocycles. The first kappa shape index (κ1) is 14.9. The number of rotatable bonds is 6. The van der Waals surface area contributed by atoms with Crippen molar-refractivity contribution < 1.29 is 9.53 Å². The average molecular weight is 284 g/mol. The van der Waals surface area contributed by atoms with Gasteiger partial charge in [-0.2, -0.15) is 0 Å². The minimum Gasteiger partial charge on any atom is -0.497 e. The van der Waals surface area contributed by atoms with E-state index in [-0.39, 0.29) is 6.03 Å². The Hall–Kier alpha value is -2.49. The number of ether oxygens (including phenoxy) is 1. The van der Waals surface area contributed by atoms with Crippen molar-refractivity contribution in [2.45, 2.75) is 13.0 Å². The summed E-state index contributed by atoms with van der Waals surface area (Å²) < 4.78 is 5.11. The van der Waals surface area contributed by atoms with Gasteiger partial charge >= 0.3 is 6.03 Å². The molecule has 0 radical (unpaired) electrons. The van der Waals surface area contributed by atoms with E-state index in [0.29, 0.717) is 13.1 Å². The quantitative estimate of drug-likeness (QED) is 0.857. The third kappa shape index (κ3) is 5.18. The molecule has 4 nitrogen and oxygen atoms in total. The predicted molar refractivity (Wildman–Crippen MR) is 83.4 cm³/mol. The van der Waals surface area contributed by atoms with E-state index in [1.807, 2.05) is 54.6 Å². The van der Waals surface area contributed by atoms with Crippen LogP contribution in [-0.4, -0.2) is 19.7 Å². The van der Waals surface area contributed by atoms with Gasteiger partial charge in [0, 0.05) is 13.1 Å². The van der Waals surface area contributed by atoms with E-state index in [4.69, 9.17) is 4.74 Å². The van der Waals surface area contributed by atoms with E-state index in [9.17, 15) is 4.79 Å². The largest absolute Gasteiger partial charge is 0.497 e. The molecule has 0 aromatic heterocycles. The van der Waals surface area contributed by atoms with Crippen molar-refractivity contribution >= 4 is 6.03 Å². The van der Waals surface area contributed by atoms with Crippen LogP contribution in [0.25, 0.3) is 0 Å². The van der Waals surface area contributed by atoms with E-state index >= 15 is 0 Å². The summed E-state index contributed by atoms with van der Waals surface area (Å²) >= 11 is 0. The van der Waals surface area contributed by atoms with Crippen molar-refractivity contribution in [2.75, 3.05) is 13.7 Å². The first-order valence-corrected chi connectivity index (χ1v) is 6.96. The molecule has 2 rings (SSSR count). The molecule has 0 saturated heterocycles. The van der Waals surface area contributed by atoms with Gasteiger partial charge in [-0.3, -0.25) is 0 Å². The monoisotopic (exact) mass is 284 g/mol. The SMILES string of the molecule is COc1ccc(CCNC(=O)NCc2ccccc2)cc1. The summed E-state index contributed by atoms with van der Waals surface area (Å²) in [6, 6.07) is 17.5. The van der Waals surface area contributed by atoms with Crippen molar-refractivity contribution in [1.29, 1.82) is 0 Å². The van der Waals surface area contributed by atoms with Crippen LogP contribution < -0.4 is 15.4 Å². The molecule has 0 aliphatic rings. The standard InChI is InChI=1S/C17H20N2O2/c1-21-16-9-7-14(8-10-16)11-12-18-17(20)19-13-15-5-3-2-4-6-15/h2-10H,11-13H2,1H3,(H2,18,19,20). The normalized spacial score (nSPS) is 9.95. The molecule has 0 unspecified atom stereocenters. The van der Waals surface area contributed by atoms with Gasteiger partial charge in [0.2, 0.25) is 0 Å². The molecule has 0 aliphatic carbocycles. The van der Waals surface area contributed by atoms with E-state index in [1.165, 1.54) is 5.56 Å². The highest BCUT2D eigenvalue weighted by Gasteiger charge is 2.00. The summed E-state index contributed by atoms with van der Waals surface area (Å²) in [6.07, 6.45) is 0.794. The fourth-order valence-corrected chi connectivity index (χ4v) is 1.95. The first-order valence-electron chi connectivity index (χ1n) is 6.96. The fourth-order valence-electron chi connectivity index (χ4n) is 1.95. The number of amides is 2. The van der Waals surface area contributed by atoms with E-state index in [0.717, 1.165) is 17.7 Å². The Morgan fingerprint density at radius 2 is 1.67 bits per heavy atom. The van der Waals surface area contributed by atoms with Crippen LogP contribution in [0.5, 0.6) is 5.75 Å². The lowest BCUT2D eigenvalue weighted by Crippen LogP contribution is -2.36. The van der Waals surface area contributed by atoms with Gasteiger partial charge in [0.15, 0.2) is 0 Å². The molecule has 110 valence electrons. The van der Waals surface area contributed by atoms with Crippen LogP contribution in [0.15, 0.2) is 54.6 Å². The Balaban J connectivity index is 1.66. The molecular formula is C17H20N2O2. The van der Waals surface area contributed by atoms with Crippen LogP contribution in [0.1, 0.15) is 11.1 Å². The summed E-state index contributed by atoms with van der Waals surface area (Å²) in [6.45, 7) is 1.14. The number of carbonyl (C=O) groups excluding carboxylic acids is 1. The van der Waals surface area contributed by atoms with Gasteiger partial charge in [-0.25, -0.2) is 4.79 Å². The smallest absolute Gasteiger partial charge is 0.315 e. The van der Waals surface area contributed by atoms with E-state index < -0.39 is 0 Å². The lowest BCUT2D eigenvalue weighted by atomic mass is 10.1. The molecule has 0 fully saturated rings. The second-order valence-corrected chi connectivity index (χ2v) is 4.69. The van der Waals surface area contributed by atoms with Crippen LogP contribution in [0.3, 0.4) is 0 Å². The van der Waals surface area contributed by atoms with Crippen LogP contribution in [0.4, 0.5) is 4.79 Å². The molecule has 21 heavy (non-hydrogen) atoms. The highest BCUT2D eigenvalue weighted by molar-refractivity contribution is 5.73. The number of methoxy groups -OCH3 is 1. The van der Waals surface area contributed by atoms with Gasteiger partial charge in [-0.1, -0.05) is 42.5 Å². The molecule has 2 aromatic rings. The molecule has 0 aliphatic heterocycles. The third-order valence-corrected chi connectivity index (χ3v) is 3.15. The zero-order chi connectivity index (χ0) is 14.9. The van der Waals surface area contributed by atoms with Crippen molar-refractivity contribution in [3.05, 3.63) is 65.7 Å². The molecule has 4 heteroatoms. The van der Waals surface area contributed by atoms with Gasteiger partial charge in [0.1, 0.15) is 5.75 Å². The number of urea groups is 1. The maximum Gasteiger partial charge on any atom is 0.315 e. The molecule has 0 heterocycles. The zero-order valence-corrected chi connectivity index (χ0v) is 12.1. The highest BCUT2D eigenvalue weighted by atomic mass is 16.5. The molecule has 0 atom stereocenters. The molecular weight excluding hydrogens is 264 g/mol. The molecule has 0 spiro atoms. The van der Waals surface area contributed by atoms with E-state index in [2.05, 4.69) is 10.6 Å². The minimum absolute atomic E-state index is 0.146. The maximum absolute atomic E-state index is 11.7. The van der Waals surface area contributed by atoms with Crippen LogP contribution in [0, 0.1) is 0 Å². The summed E-state index contributed by atoms with van der Waals surface area (Å²) in [4.78, 5) is 11.7. The third-order valence-electron chi connectivity index (χ3n) is 3.15. The molecule has 0 bridgehead atoms. The first-order chi connectivity index (χ1) is 10.3. The van der Waals surface area contributed by atoms with Crippen molar-refractivity contribution in [1.82, 2.24) is 10.6 Å². The number of carbonyl (C=O) groups is 1. The van der Waals surface area contributed by atoms with Crippen LogP contribution >= 0.6 is 0 Å².